The van der Waals surface area contributed by atoms with Gasteiger partial charge in [-0.15, -0.1) is 0 Å². The molecule has 78 valence electrons. The molecule has 1 aliphatic rings. The second kappa shape index (κ2) is 3.38. The minimum atomic E-state index is -0.891. The fraction of sp³-hybridized carbons (Fsp3) is 0.273. The van der Waals surface area contributed by atoms with Crippen LogP contribution < -0.4 is 10.6 Å². The average Bonchev–Trinajstić information content (AvgIpc) is 2.56. The van der Waals surface area contributed by atoms with Gasteiger partial charge in [-0.2, -0.15) is 0 Å². The monoisotopic (exact) mass is 204 g/mol. The van der Waals surface area contributed by atoms with E-state index in [9.17, 15) is 9.59 Å². The lowest BCUT2D eigenvalue weighted by molar-refractivity contribution is -0.124. The van der Waals surface area contributed by atoms with E-state index >= 15 is 0 Å². The van der Waals surface area contributed by atoms with Gasteiger partial charge in [0.1, 0.15) is 5.54 Å². The van der Waals surface area contributed by atoms with Crippen molar-refractivity contribution in [2.24, 2.45) is 0 Å². The van der Waals surface area contributed by atoms with Crippen LogP contribution in [0.5, 0.6) is 0 Å². The summed E-state index contributed by atoms with van der Waals surface area (Å²) in [6, 6.07) is 8.84. The first-order valence-electron chi connectivity index (χ1n) is 4.88. The van der Waals surface area contributed by atoms with E-state index in [0.29, 0.717) is 6.42 Å². The molecule has 0 saturated carbocycles. The van der Waals surface area contributed by atoms with Crippen LogP contribution in [0.2, 0.25) is 0 Å². The zero-order chi connectivity index (χ0) is 10.9. The summed E-state index contributed by atoms with van der Waals surface area (Å²) in [7, 11) is 0. The summed E-state index contributed by atoms with van der Waals surface area (Å²) in [5, 5.41) is 4.95. The second-order valence-corrected chi connectivity index (χ2v) is 3.53. The van der Waals surface area contributed by atoms with Gasteiger partial charge in [0.15, 0.2) is 0 Å². The van der Waals surface area contributed by atoms with Crippen LogP contribution in [-0.2, 0) is 10.3 Å². The molecule has 0 spiro atoms. The molecule has 0 bridgehead atoms. The van der Waals surface area contributed by atoms with Gasteiger partial charge in [-0.1, -0.05) is 37.3 Å². The molecular formula is C11H12N2O2. The van der Waals surface area contributed by atoms with Gasteiger partial charge in [0, 0.05) is 0 Å². The molecule has 1 saturated heterocycles. The lowest BCUT2D eigenvalue weighted by atomic mass is 9.87. The van der Waals surface area contributed by atoms with Gasteiger partial charge in [0.05, 0.1) is 0 Å². The van der Waals surface area contributed by atoms with Gasteiger partial charge in [-0.05, 0) is 12.0 Å². The number of carbonyl (C=O) groups is 2. The third kappa shape index (κ3) is 1.38. The third-order valence-corrected chi connectivity index (χ3v) is 2.74. The highest BCUT2D eigenvalue weighted by Gasteiger charge is 2.45. The van der Waals surface area contributed by atoms with Crippen LogP contribution in [0.1, 0.15) is 18.9 Å². The molecule has 4 nitrogen and oxygen atoms in total. The predicted molar refractivity (Wildman–Crippen MR) is 55.1 cm³/mol. The minimum Gasteiger partial charge on any atom is -0.319 e. The molecule has 0 radical (unpaired) electrons. The van der Waals surface area contributed by atoms with Crippen LogP contribution in [-0.4, -0.2) is 11.9 Å². The maximum atomic E-state index is 11.7. The van der Waals surface area contributed by atoms with Crippen molar-refractivity contribution in [3.05, 3.63) is 35.9 Å². The number of hydrogen-bond donors (Lipinski definition) is 2. The van der Waals surface area contributed by atoms with Crippen LogP contribution in [0.15, 0.2) is 30.3 Å². The second-order valence-electron chi connectivity index (χ2n) is 3.53. The SMILES string of the molecule is CC[C@]1(c2ccccc2)NC(=O)NC1=O. The molecule has 2 N–H and O–H groups in total. The Morgan fingerprint density at radius 2 is 1.87 bits per heavy atom. The molecule has 3 amide bonds. The molecule has 0 aliphatic carbocycles. The van der Waals surface area contributed by atoms with Gasteiger partial charge in [-0.3, -0.25) is 10.1 Å². The van der Waals surface area contributed by atoms with E-state index in [1.54, 1.807) is 0 Å². The summed E-state index contributed by atoms with van der Waals surface area (Å²) in [5.74, 6) is -0.277. The Bertz CT molecular complexity index is 402. The molecule has 1 aromatic rings. The van der Waals surface area contributed by atoms with Crippen LogP contribution in [0.25, 0.3) is 0 Å². The van der Waals surface area contributed by atoms with Crippen molar-refractivity contribution < 1.29 is 9.59 Å². The lowest BCUT2D eigenvalue weighted by Gasteiger charge is -2.24. The number of nitrogens with one attached hydrogen (secondary N) is 2. The van der Waals surface area contributed by atoms with Crippen LogP contribution in [0.4, 0.5) is 4.79 Å². The first-order valence-corrected chi connectivity index (χ1v) is 4.88. The molecular weight excluding hydrogens is 192 g/mol. The van der Waals surface area contributed by atoms with Crippen molar-refractivity contribution in [1.29, 1.82) is 0 Å². The Morgan fingerprint density at radius 3 is 2.33 bits per heavy atom. The zero-order valence-corrected chi connectivity index (χ0v) is 8.41. The molecule has 1 fully saturated rings. The first-order chi connectivity index (χ1) is 7.19. The topological polar surface area (TPSA) is 58.2 Å². The molecule has 1 aliphatic heterocycles. The van der Waals surface area contributed by atoms with Crippen molar-refractivity contribution in [2.75, 3.05) is 0 Å². The summed E-state index contributed by atoms with van der Waals surface area (Å²) in [6.45, 7) is 1.87. The van der Waals surface area contributed by atoms with E-state index in [1.807, 2.05) is 37.3 Å². The molecule has 1 atom stereocenters. The number of urea groups is 1. The molecule has 15 heavy (non-hydrogen) atoms. The molecule has 1 aromatic carbocycles. The van der Waals surface area contributed by atoms with Gasteiger partial charge in [0.25, 0.3) is 5.91 Å². The normalized spacial score (nSPS) is 24.9. The zero-order valence-electron chi connectivity index (χ0n) is 8.41. The molecule has 4 heteroatoms. The first kappa shape index (κ1) is 9.71. The molecule has 1 heterocycles. The minimum absolute atomic E-state index is 0.277. The van der Waals surface area contributed by atoms with Gasteiger partial charge < -0.3 is 5.32 Å². The Kier molecular flexibility index (Phi) is 2.19. The summed E-state index contributed by atoms with van der Waals surface area (Å²) in [6.07, 6.45) is 0.536. The van der Waals surface area contributed by atoms with Gasteiger partial charge >= 0.3 is 6.03 Å². The lowest BCUT2D eigenvalue weighted by Crippen LogP contribution is -2.43. The number of benzene rings is 1. The fourth-order valence-corrected chi connectivity index (χ4v) is 1.87. The van der Waals surface area contributed by atoms with E-state index < -0.39 is 11.6 Å². The number of amides is 3. The summed E-state index contributed by atoms with van der Waals surface area (Å²) in [4.78, 5) is 22.9. The maximum absolute atomic E-state index is 11.7. The van der Waals surface area contributed by atoms with E-state index in [0.717, 1.165) is 5.56 Å². The summed E-state index contributed by atoms with van der Waals surface area (Å²) < 4.78 is 0. The smallest absolute Gasteiger partial charge is 0.319 e. The quantitative estimate of drug-likeness (QED) is 0.709. The van der Waals surface area contributed by atoms with E-state index in [-0.39, 0.29) is 5.91 Å². The summed E-state index contributed by atoms with van der Waals surface area (Å²) >= 11 is 0. The van der Waals surface area contributed by atoms with Crippen molar-refractivity contribution in [1.82, 2.24) is 10.6 Å². The fourth-order valence-electron chi connectivity index (χ4n) is 1.87. The molecule has 0 unspecified atom stereocenters. The highest BCUT2D eigenvalue weighted by molar-refractivity contribution is 6.07. The Morgan fingerprint density at radius 1 is 1.20 bits per heavy atom. The van der Waals surface area contributed by atoms with E-state index in [2.05, 4.69) is 10.6 Å². The predicted octanol–water partition coefficient (Wildman–Crippen LogP) is 1.13. The Labute approximate surface area is 87.7 Å². The van der Waals surface area contributed by atoms with Crippen LogP contribution in [0, 0.1) is 0 Å². The van der Waals surface area contributed by atoms with Crippen molar-refractivity contribution in [3.63, 3.8) is 0 Å². The largest absolute Gasteiger partial charge is 0.322 e. The number of rotatable bonds is 2. The Hall–Kier alpha value is -1.84. The van der Waals surface area contributed by atoms with Crippen molar-refractivity contribution in [3.8, 4) is 0 Å². The van der Waals surface area contributed by atoms with Crippen LogP contribution >= 0.6 is 0 Å². The summed E-state index contributed by atoms with van der Waals surface area (Å²) in [5.41, 5.74) is -0.0749. The van der Waals surface area contributed by atoms with Crippen molar-refractivity contribution >= 4 is 11.9 Å². The molecule has 0 aromatic heterocycles. The van der Waals surface area contributed by atoms with Crippen LogP contribution in [0.3, 0.4) is 0 Å². The van der Waals surface area contributed by atoms with Crippen molar-refractivity contribution in [2.45, 2.75) is 18.9 Å². The number of hydrogen-bond acceptors (Lipinski definition) is 2. The number of carbonyl (C=O) groups excluding carboxylic acids is 2. The molecule has 2 rings (SSSR count). The Balaban J connectivity index is 2.47. The number of imide groups is 1. The van der Waals surface area contributed by atoms with E-state index in [1.165, 1.54) is 0 Å². The standard InChI is InChI=1S/C11H12N2O2/c1-2-11(8-6-4-3-5-7-8)9(14)12-10(15)13-11/h3-7H,2H2,1H3,(H2,12,13,14,15)/t11-/m1/s1. The average molecular weight is 204 g/mol. The van der Waals surface area contributed by atoms with E-state index in [4.69, 9.17) is 0 Å². The van der Waals surface area contributed by atoms with Gasteiger partial charge in [0.2, 0.25) is 0 Å². The highest BCUT2D eigenvalue weighted by Crippen LogP contribution is 2.27. The highest BCUT2D eigenvalue weighted by atomic mass is 16.2. The third-order valence-electron chi connectivity index (χ3n) is 2.74. The maximum Gasteiger partial charge on any atom is 0.322 e. The van der Waals surface area contributed by atoms with Gasteiger partial charge in [-0.25, -0.2) is 4.79 Å².